The van der Waals surface area contributed by atoms with Crippen LogP contribution < -0.4 is 0 Å². The average Bonchev–Trinajstić information content (AvgIpc) is 3.62. The molecule has 8 rings (SSSR count). The summed E-state index contributed by atoms with van der Waals surface area (Å²) >= 11 is 1.68. The SMILES string of the molecule is CC(C)(C)n1[cH+]n(-c2[c-]c(Sc3[c-]c4c(cc3)c3ccccc3n4-c3cc(-c4ccccc4)ccn3)ccc2)c2ccccc21.[Pt]. The van der Waals surface area contributed by atoms with Crippen LogP contribution in [0.3, 0.4) is 0 Å². The third kappa shape index (κ3) is 5.38. The minimum atomic E-state index is -0.0461. The molecule has 0 aliphatic rings. The molecule has 0 unspecified atom stereocenters. The van der Waals surface area contributed by atoms with E-state index in [2.05, 4.69) is 168 Å². The topological polar surface area (TPSA) is 27.7 Å². The molecular formula is C40H31N4PtS-. The molecule has 228 valence electrons. The second-order valence-corrected chi connectivity index (χ2v) is 13.3. The number of aromatic nitrogens is 4. The van der Waals surface area contributed by atoms with Crippen LogP contribution in [0.15, 0.2) is 144 Å². The van der Waals surface area contributed by atoms with Crippen LogP contribution in [-0.4, -0.2) is 18.7 Å². The zero-order valence-electron chi connectivity index (χ0n) is 25.7. The maximum absolute atomic E-state index is 4.84. The van der Waals surface area contributed by atoms with Crippen molar-refractivity contribution in [3.05, 3.63) is 146 Å². The van der Waals surface area contributed by atoms with Gasteiger partial charge in [0.1, 0.15) is 5.82 Å². The van der Waals surface area contributed by atoms with Crippen molar-refractivity contribution in [1.82, 2.24) is 18.7 Å². The van der Waals surface area contributed by atoms with Gasteiger partial charge in [0.25, 0.3) is 0 Å². The molecule has 0 bridgehead atoms. The number of imidazole rings is 1. The first-order valence-electron chi connectivity index (χ1n) is 15.1. The Morgan fingerprint density at radius 2 is 1.37 bits per heavy atom. The fourth-order valence-corrected chi connectivity index (χ4v) is 6.94. The minimum Gasteiger partial charge on any atom is -0.319 e. The number of hydrogen-bond donors (Lipinski definition) is 0. The van der Waals surface area contributed by atoms with Gasteiger partial charge in [0.05, 0.1) is 5.54 Å². The van der Waals surface area contributed by atoms with E-state index in [1.165, 1.54) is 16.5 Å². The van der Waals surface area contributed by atoms with Crippen LogP contribution in [0, 0.1) is 12.1 Å². The van der Waals surface area contributed by atoms with E-state index in [0.29, 0.717) is 0 Å². The molecule has 0 atom stereocenters. The first-order valence-corrected chi connectivity index (χ1v) is 16.0. The number of rotatable bonds is 5. The summed E-state index contributed by atoms with van der Waals surface area (Å²) in [4.78, 5) is 6.90. The number of para-hydroxylation sites is 3. The Hall–Kier alpha value is -4.44. The summed E-state index contributed by atoms with van der Waals surface area (Å²) in [5.74, 6) is 0.876. The Morgan fingerprint density at radius 3 is 2.17 bits per heavy atom. The van der Waals surface area contributed by atoms with E-state index in [-0.39, 0.29) is 26.6 Å². The molecular weight excluding hydrogens is 764 g/mol. The van der Waals surface area contributed by atoms with E-state index in [0.717, 1.165) is 48.8 Å². The maximum atomic E-state index is 4.84. The largest absolute Gasteiger partial charge is 0.319 e. The molecule has 0 spiro atoms. The zero-order valence-corrected chi connectivity index (χ0v) is 28.8. The molecule has 8 aromatic rings. The van der Waals surface area contributed by atoms with Gasteiger partial charge in [-0.15, -0.1) is 34.2 Å². The number of fused-ring (bicyclic) bond motifs is 4. The molecule has 0 aliphatic carbocycles. The predicted molar refractivity (Wildman–Crippen MR) is 186 cm³/mol. The van der Waals surface area contributed by atoms with Crippen molar-refractivity contribution in [3.63, 3.8) is 0 Å². The van der Waals surface area contributed by atoms with Crippen LogP contribution in [0.1, 0.15) is 20.8 Å². The summed E-state index contributed by atoms with van der Waals surface area (Å²) in [5, 5.41) is 2.34. The average molecular weight is 795 g/mol. The first kappa shape index (κ1) is 30.2. The van der Waals surface area contributed by atoms with Gasteiger partial charge in [-0.3, -0.25) is 0 Å². The van der Waals surface area contributed by atoms with Crippen LogP contribution in [0.25, 0.3) is 55.5 Å². The van der Waals surface area contributed by atoms with E-state index in [4.69, 9.17) is 4.98 Å². The first-order chi connectivity index (χ1) is 21.9. The minimum absolute atomic E-state index is 0. The van der Waals surface area contributed by atoms with Gasteiger partial charge < -0.3 is 4.57 Å². The second-order valence-electron chi connectivity index (χ2n) is 12.2. The fourth-order valence-electron chi connectivity index (χ4n) is 6.12. The van der Waals surface area contributed by atoms with Gasteiger partial charge in [0.15, 0.2) is 17.4 Å². The van der Waals surface area contributed by atoms with Crippen molar-refractivity contribution < 1.29 is 21.1 Å². The maximum Gasteiger partial charge on any atom is 0.188 e. The fraction of sp³-hybridized carbons (Fsp3) is 0.100. The summed E-state index contributed by atoms with van der Waals surface area (Å²) in [6, 6.07) is 49.9. The third-order valence-electron chi connectivity index (χ3n) is 8.23. The normalized spacial score (nSPS) is 11.7. The van der Waals surface area contributed by atoms with Crippen LogP contribution in [0.5, 0.6) is 0 Å². The van der Waals surface area contributed by atoms with Crippen molar-refractivity contribution >= 4 is 44.6 Å². The van der Waals surface area contributed by atoms with Crippen LogP contribution in [0.4, 0.5) is 0 Å². The Labute approximate surface area is 287 Å². The van der Waals surface area contributed by atoms with Crippen molar-refractivity contribution in [1.29, 1.82) is 0 Å². The molecule has 0 aliphatic heterocycles. The van der Waals surface area contributed by atoms with Gasteiger partial charge in [-0.25, -0.2) is 14.1 Å². The number of benzene rings is 5. The molecule has 0 N–H and O–H groups in total. The summed E-state index contributed by atoms with van der Waals surface area (Å²) in [7, 11) is 0. The van der Waals surface area contributed by atoms with E-state index in [9.17, 15) is 0 Å². The molecule has 0 saturated carbocycles. The molecule has 5 aromatic carbocycles. The third-order valence-corrected chi connectivity index (χ3v) is 9.14. The molecule has 3 aromatic heterocycles. The summed E-state index contributed by atoms with van der Waals surface area (Å²) in [5.41, 5.74) is 7.75. The van der Waals surface area contributed by atoms with Crippen LogP contribution in [-0.2, 0) is 26.6 Å². The van der Waals surface area contributed by atoms with Crippen LogP contribution in [0.2, 0.25) is 0 Å². The summed E-state index contributed by atoms with van der Waals surface area (Å²) < 4.78 is 6.80. The number of nitrogens with zero attached hydrogens (tertiary/aromatic N) is 4. The predicted octanol–water partition coefficient (Wildman–Crippen LogP) is 10.4. The van der Waals surface area contributed by atoms with Crippen molar-refractivity contribution in [2.45, 2.75) is 36.1 Å². The van der Waals surface area contributed by atoms with E-state index in [1.807, 2.05) is 12.3 Å². The molecule has 6 heteroatoms. The molecule has 0 amide bonds. The van der Waals surface area contributed by atoms with Crippen molar-refractivity contribution in [2.75, 3.05) is 0 Å². The second kappa shape index (κ2) is 12.1. The van der Waals surface area contributed by atoms with Crippen molar-refractivity contribution in [2.24, 2.45) is 0 Å². The standard InChI is InChI=1S/C40H31N4S.Pt/c1-40(2,3)43-27-42(36-18-9-10-19-37(36)43)30-14-11-15-31(25-30)45-32-20-21-34-33-16-7-8-17-35(33)44(38(34)26-32)39-24-29(22-23-41-39)28-12-5-4-6-13-28;/h4-24,27H,1-3H3;/q-1;. The van der Waals surface area contributed by atoms with Gasteiger partial charge in [-0.2, -0.15) is 24.3 Å². The molecule has 3 heterocycles. The molecule has 4 nitrogen and oxygen atoms in total. The van der Waals surface area contributed by atoms with Gasteiger partial charge in [0.2, 0.25) is 0 Å². The van der Waals surface area contributed by atoms with Gasteiger partial charge >= 0.3 is 0 Å². The Morgan fingerprint density at radius 1 is 0.652 bits per heavy atom. The van der Waals surface area contributed by atoms with E-state index < -0.39 is 0 Å². The molecule has 0 radical (unpaired) electrons. The Bertz CT molecular complexity index is 2350. The summed E-state index contributed by atoms with van der Waals surface area (Å²) in [6.07, 6.45) is 4.09. The van der Waals surface area contributed by atoms with Gasteiger partial charge in [-0.05, 0) is 67.6 Å². The Balaban J connectivity index is 0.00000338. The summed E-state index contributed by atoms with van der Waals surface area (Å²) in [6.45, 7) is 6.70. The van der Waals surface area contributed by atoms with Gasteiger partial charge in [-0.1, -0.05) is 65.0 Å². The smallest absolute Gasteiger partial charge is 0.188 e. The quantitative estimate of drug-likeness (QED) is 0.162. The monoisotopic (exact) mass is 794 g/mol. The number of pyridine rings is 1. The Kier molecular flexibility index (Phi) is 7.92. The van der Waals surface area contributed by atoms with E-state index >= 15 is 0 Å². The molecule has 46 heavy (non-hydrogen) atoms. The van der Waals surface area contributed by atoms with Crippen molar-refractivity contribution in [3.8, 4) is 22.6 Å². The number of hydrogen-bond acceptors (Lipinski definition) is 2. The van der Waals surface area contributed by atoms with E-state index in [1.54, 1.807) is 11.8 Å². The molecule has 0 fully saturated rings. The molecule has 0 saturated heterocycles. The van der Waals surface area contributed by atoms with Crippen LogP contribution >= 0.6 is 11.8 Å². The van der Waals surface area contributed by atoms with Gasteiger partial charge in [0, 0.05) is 50.6 Å². The zero-order chi connectivity index (χ0) is 30.5.